The molecule has 0 aromatic carbocycles. The Kier molecular flexibility index (Phi) is 63.7. The van der Waals surface area contributed by atoms with Gasteiger partial charge in [-0.1, -0.05) is 324 Å². The number of unbranched alkanes of at least 4 members (excludes halogenated alkanes) is 42. The molecule has 0 radical (unpaired) electrons. The van der Waals surface area contributed by atoms with Crippen LogP contribution in [-0.4, -0.2) is 96.7 Å². The van der Waals surface area contributed by atoms with E-state index in [1.807, 2.05) is 0 Å². The highest BCUT2D eigenvalue weighted by atomic mass is 31.2. The van der Waals surface area contributed by atoms with E-state index < -0.39 is 97.5 Å². The van der Waals surface area contributed by atoms with Crippen molar-refractivity contribution in [3.8, 4) is 0 Å². The summed E-state index contributed by atoms with van der Waals surface area (Å²) in [5.41, 5.74) is 0. The molecule has 0 saturated carbocycles. The molecule has 0 rings (SSSR count). The highest BCUT2D eigenvalue weighted by Gasteiger charge is 2.30. The van der Waals surface area contributed by atoms with Crippen molar-refractivity contribution in [2.24, 2.45) is 11.8 Å². The second-order valence-electron chi connectivity index (χ2n) is 27.3. The number of carbonyl (C=O) groups excluding carboxylic acids is 4. The maximum Gasteiger partial charge on any atom is 0.472 e. The summed E-state index contributed by atoms with van der Waals surface area (Å²) in [5, 5.41) is 10.6. The summed E-state index contributed by atoms with van der Waals surface area (Å²) in [6.07, 6.45) is 51.4. The third kappa shape index (κ3) is 66.7. The number of aliphatic hydroxyl groups is 1. The smallest absolute Gasteiger partial charge is 0.462 e. The van der Waals surface area contributed by atoms with Gasteiger partial charge in [-0.3, -0.25) is 37.3 Å². The zero-order valence-corrected chi connectivity index (χ0v) is 61.6. The van der Waals surface area contributed by atoms with E-state index in [9.17, 15) is 43.2 Å². The Bertz CT molecular complexity index is 1790. The summed E-state index contributed by atoms with van der Waals surface area (Å²) >= 11 is 0. The van der Waals surface area contributed by atoms with Crippen LogP contribution in [0.5, 0.6) is 0 Å². The van der Waals surface area contributed by atoms with Gasteiger partial charge in [0, 0.05) is 25.7 Å². The Morgan fingerprint density at radius 1 is 0.293 bits per heavy atom. The van der Waals surface area contributed by atoms with Crippen molar-refractivity contribution < 1.29 is 80.2 Å². The van der Waals surface area contributed by atoms with Crippen LogP contribution in [0, 0.1) is 11.8 Å². The predicted octanol–water partition coefficient (Wildman–Crippen LogP) is 21.2. The lowest BCUT2D eigenvalue weighted by atomic mass is 10.0. The number of esters is 4. The number of phosphoric acid groups is 2. The molecule has 0 aliphatic heterocycles. The topological polar surface area (TPSA) is 237 Å². The van der Waals surface area contributed by atoms with Crippen molar-refractivity contribution in [3.05, 3.63) is 0 Å². The molecule has 92 heavy (non-hydrogen) atoms. The van der Waals surface area contributed by atoms with Gasteiger partial charge in [0.15, 0.2) is 12.2 Å². The van der Waals surface area contributed by atoms with Gasteiger partial charge in [0.2, 0.25) is 0 Å². The first kappa shape index (κ1) is 90.1. The van der Waals surface area contributed by atoms with Crippen LogP contribution < -0.4 is 0 Å². The largest absolute Gasteiger partial charge is 0.472 e. The van der Waals surface area contributed by atoms with E-state index in [0.29, 0.717) is 25.7 Å². The van der Waals surface area contributed by atoms with Crippen LogP contribution in [0.3, 0.4) is 0 Å². The third-order valence-electron chi connectivity index (χ3n) is 17.0. The first-order valence-electron chi connectivity index (χ1n) is 38.0. The van der Waals surface area contributed by atoms with E-state index in [1.54, 1.807) is 0 Å². The monoisotopic (exact) mass is 1350 g/mol. The van der Waals surface area contributed by atoms with Gasteiger partial charge in [-0.2, -0.15) is 0 Å². The van der Waals surface area contributed by atoms with Crippen molar-refractivity contribution in [1.29, 1.82) is 0 Å². The molecule has 0 fully saturated rings. The van der Waals surface area contributed by atoms with E-state index in [0.717, 1.165) is 115 Å². The molecule has 0 aliphatic carbocycles. The molecule has 2 unspecified atom stereocenters. The number of carbonyl (C=O) groups is 4. The standard InChI is InChI=1S/C73H142O17P2/c1-7-9-11-13-15-16-25-33-39-45-51-57-72(77)89-68(61-83-70(75)55-49-43-35-14-12-10-8-2)63-87-91(79,80)85-59-67(74)60-86-92(81,82)88-64-69(90-73(78)58-52-46-40-34-29-24-20-18-22-27-31-37-42-48-54-66(5)6)62-84-71(76)56-50-44-38-32-28-23-19-17-21-26-30-36-41-47-53-65(3)4/h65-69,74H,7-64H2,1-6H3,(H,79,80)(H,81,82)/t67-,68+,69+/m0/s1. The summed E-state index contributed by atoms with van der Waals surface area (Å²) in [6.45, 7) is 9.58. The SMILES string of the molecule is CCCCCCCCCCCCCC(=O)O[C@H](COC(=O)CCCCCCCCC)COP(=O)(O)OC[C@H](O)COP(=O)(O)OC[C@@H](COC(=O)CCCCCCCCCCCCCCCCC(C)C)OC(=O)CCCCCCCCCCCCCCCCC(C)C. The maximum absolute atomic E-state index is 13.1. The molecule has 0 spiro atoms. The number of hydrogen-bond donors (Lipinski definition) is 3. The molecular formula is C73H142O17P2. The van der Waals surface area contributed by atoms with Crippen LogP contribution in [0.1, 0.15) is 375 Å². The van der Waals surface area contributed by atoms with Crippen molar-refractivity contribution >= 4 is 39.5 Å². The molecule has 546 valence electrons. The Morgan fingerprint density at radius 3 is 0.739 bits per heavy atom. The lowest BCUT2D eigenvalue weighted by Crippen LogP contribution is -2.30. The second-order valence-corrected chi connectivity index (χ2v) is 30.2. The van der Waals surface area contributed by atoms with Crippen LogP contribution in [0.25, 0.3) is 0 Å². The molecule has 0 amide bonds. The normalized spacial score (nSPS) is 14.1. The fraction of sp³-hybridized carbons (Fsp3) is 0.945. The number of hydrogen-bond acceptors (Lipinski definition) is 15. The summed E-state index contributed by atoms with van der Waals surface area (Å²) < 4.78 is 68.3. The van der Waals surface area contributed by atoms with Gasteiger partial charge in [-0.25, -0.2) is 9.13 Å². The fourth-order valence-electron chi connectivity index (χ4n) is 11.1. The van der Waals surface area contributed by atoms with Crippen LogP contribution in [0.4, 0.5) is 0 Å². The lowest BCUT2D eigenvalue weighted by molar-refractivity contribution is -0.161. The first-order valence-corrected chi connectivity index (χ1v) is 41.0. The van der Waals surface area contributed by atoms with Crippen molar-refractivity contribution in [2.45, 2.75) is 394 Å². The van der Waals surface area contributed by atoms with Gasteiger partial charge in [0.25, 0.3) is 0 Å². The Hall–Kier alpha value is -1.94. The Labute approximate surface area is 562 Å². The van der Waals surface area contributed by atoms with Crippen molar-refractivity contribution in [1.82, 2.24) is 0 Å². The average Bonchev–Trinajstić information content (AvgIpc) is 3.74. The van der Waals surface area contributed by atoms with Crippen molar-refractivity contribution in [2.75, 3.05) is 39.6 Å². The zero-order chi connectivity index (χ0) is 67.9. The van der Waals surface area contributed by atoms with Crippen molar-refractivity contribution in [3.63, 3.8) is 0 Å². The number of phosphoric ester groups is 2. The number of rotatable bonds is 72. The predicted molar refractivity (Wildman–Crippen MR) is 372 cm³/mol. The molecule has 0 aromatic heterocycles. The molecule has 19 heteroatoms. The number of ether oxygens (including phenoxy) is 4. The molecule has 0 aliphatic rings. The first-order chi connectivity index (χ1) is 44.4. The van der Waals surface area contributed by atoms with Gasteiger partial charge in [-0.15, -0.1) is 0 Å². The molecule has 17 nitrogen and oxygen atoms in total. The van der Waals surface area contributed by atoms with Gasteiger partial charge >= 0.3 is 39.5 Å². The zero-order valence-electron chi connectivity index (χ0n) is 59.9. The fourth-order valence-corrected chi connectivity index (χ4v) is 12.7. The minimum atomic E-state index is -4.95. The molecule has 0 saturated heterocycles. The highest BCUT2D eigenvalue weighted by molar-refractivity contribution is 7.47. The average molecular weight is 1350 g/mol. The van der Waals surface area contributed by atoms with Crippen LogP contribution in [0.2, 0.25) is 0 Å². The van der Waals surface area contributed by atoms with E-state index in [2.05, 4.69) is 41.5 Å². The minimum absolute atomic E-state index is 0.107. The molecule has 0 bridgehead atoms. The summed E-state index contributed by atoms with van der Waals surface area (Å²) in [4.78, 5) is 72.5. The number of aliphatic hydroxyl groups excluding tert-OH is 1. The molecule has 3 N–H and O–H groups in total. The minimum Gasteiger partial charge on any atom is -0.462 e. The van der Waals surface area contributed by atoms with E-state index in [-0.39, 0.29) is 25.7 Å². The van der Waals surface area contributed by atoms with Crippen LogP contribution in [0.15, 0.2) is 0 Å². The van der Waals surface area contributed by atoms with Gasteiger partial charge in [0.05, 0.1) is 26.4 Å². The van der Waals surface area contributed by atoms with E-state index in [1.165, 1.54) is 180 Å². The quantitative estimate of drug-likeness (QED) is 0.0222. The van der Waals surface area contributed by atoms with Crippen LogP contribution in [-0.2, 0) is 65.4 Å². The van der Waals surface area contributed by atoms with E-state index in [4.69, 9.17) is 37.0 Å². The summed E-state index contributed by atoms with van der Waals surface area (Å²) in [6, 6.07) is 0. The summed E-state index contributed by atoms with van der Waals surface area (Å²) in [7, 11) is -9.90. The highest BCUT2D eigenvalue weighted by Crippen LogP contribution is 2.45. The second kappa shape index (κ2) is 65.0. The Balaban J connectivity index is 5.19. The van der Waals surface area contributed by atoms with Gasteiger partial charge in [0.1, 0.15) is 19.3 Å². The summed E-state index contributed by atoms with van der Waals surface area (Å²) in [5.74, 6) is -0.529. The lowest BCUT2D eigenvalue weighted by Gasteiger charge is -2.21. The molecule has 0 aromatic rings. The van der Waals surface area contributed by atoms with Gasteiger partial charge < -0.3 is 33.8 Å². The van der Waals surface area contributed by atoms with Crippen LogP contribution >= 0.6 is 15.6 Å². The molecule has 0 heterocycles. The maximum atomic E-state index is 13.1. The molecule has 5 atom stereocenters. The third-order valence-corrected chi connectivity index (χ3v) is 18.9. The Morgan fingerprint density at radius 2 is 0.500 bits per heavy atom. The molecular weight excluding hydrogens is 1210 g/mol. The van der Waals surface area contributed by atoms with E-state index >= 15 is 0 Å². The van der Waals surface area contributed by atoms with Gasteiger partial charge in [-0.05, 0) is 37.5 Å².